The smallest absolute Gasteiger partial charge is 0.133 e. The average Bonchev–Trinajstić information content (AvgIpc) is 2.46. The summed E-state index contributed by atoms with van der Waals surface area (Å²) < 4.78 is 6.22. The van der Waals surface area contributed by atoms with E-state index in [9.17, 15) is 0 Å². The first-order valence-corrected chi connectivity index (χ1v) is 6.93. The number of nitrogens with zero attached hydrogens (tertiary/aromatic N) is 1. The highest BCUT2D eigenvalue weighted by molar-refractivity contribution is 9.10. The van der Waals surface area contributed by atoms with Crippen LogP contribution in [0.5, 0.6) is 5.75 Å². The normalized spacial score (nSPS) is 12.2. The largest absolute Gasteiger partial charge is 0.496 e. The number of pyridine rings is 1. The van der Waals surface area contributed by atoms with Crippen molar-refractivity contribution in [3.63, 3.8) is 0 Å². The quantitative estimate of drug-likeness (QED) is 0.917. The molecule has 19 heavy (non-hydrogen) atoms. The molecule has 2 aromatic rings. The Morgan fingerprint density at radius 1 is 1.37 bits per heavy atom. The van der Waals surface area contributed by atoms with E-state index < -0.39 is 0 Å². The standard InChI is InChI=1S/C15H17BrN2O/c1-17-14(12-4-3-7-18-10-12)9-11-5-6-15(19-2)13(16)8-11/h3-8,10,14,17H,9H2,1-2H3. The highest BCUT2D eigenvalue weighted by Gasteiger charge is 2.11. The lowest BCUT2D eigenvalue weighted by molar-refractivity contribution is 0.412. The van der Waals surface area contributed by atoms with Crippen molar-refractivity contribution < 1.29 is 4.74 Å². The zero-order valence-electron chi connectivity index (χ0n) is 11.1. The third-order valence-corrected chi connectivity index (χ3v) is 3.71. The van der Waals surface area contributed by atoms with Crippen molar-refractivity contribution in [2.24, 2.45) is 0 Å². The Labute approximate surface area is 122 Å². The van der Waals surface area contributed by atoms with Crippen LogP contribution in [0.4, 0.5) is 0 Å². The van der Waals surface area contributed by atoms with E-state index in [1.165, 1.54) is 11.1 Å². The van der Waals surface area contributed by atoms with E-state index in [1.54, 1.807) is 13.3 Å². The van der Waals surface area contributed by atoms with Crippen molar-refractivity contribution in [3.8, 4) is 5.75 Å². The molecule has 1 heterocycles. The monoisotopic (exact) mass is 320 g/mol. The minimum Gasteiger partial charge on any atom is -0.496 e. The Balaban J connectivity index is 2.17. The van der Waals surface area contributed by atoms with Crippen molar-refractivity contribution in [3.05, 3.63) is 58.3 Å². The summed E-state index contributed by atoms with van der Waals surface area (Å²) in [6.45, 7) is 0. The molecule has 1 unspecified atom stereocenters. The summed E-state index contributed by atoms with van der Waals surface area (Å²) in [5.74, 6) is 0.853. The Morgan fingerprint density at radius 2 is 2.21 bits per heavy atom. The van der Waals surface area contributed by atoms with Crippen LogP contribution in [0, 0.1) is 0 Å². The number of aromatic nitrogens is 1. The molecular formula is C15H17BrN2O. The summed E-state index contributed by atoms with van der Waals surface area (Å²) in [4.78, 5) is 4.17. The lowest BCUT2D eigenvalue weighted by Crippen LogP contribution is -2.18. The van der Waals surface area contributed by atoms with Gasteiger partial charge >= 0.3 is 0 Å². The van der Waals surface area contributed by atoms with E-state index in [0.717, 1.165) is 16.6 Å². The molecule has 0 saturated carbocycles. The molecule has 0 fully saturated rings. The summed E-state index contributed by atoms with van der Waals surface area (Å²) in [7, 11) is 3.64. The predicted octanol–water partition coefficient (Wildman–Crippen LogP) is 3.36. The number of hydrogen-bond acceptors (Lipinski definition) is 3. The van der Waals surface area contributed by atoms with Gasteiger partial charge in [-0.15, -0.1) is 0 Å². The molecule has 2 rings (SSSR count). The Bertz CT molecular complexity index is 531. The minimum atomic E-state index is 0.258. The van der Waals surface area contributed by atoms with Gasteiger partial charge in [-0.05, 0) is 58.7 Å². The maximum Gasteiger partial charge on any atom is 0.133 e. The lowest BCUT2D eigenvalue weighted by Gasteiger charge is -2.17. The van der Waals surface area contributed by atoms with Gasteiger partial charge < -0.3 is 10.1 Å². The van der Waals surface area contributed by atoms with Crippen LogP contribution in [-0.2, 0) is 6.42 Å². The fourth-order valence-corrected chi connectivity index (χ4v) is 2.63. The fourth-order valence-electron chi connectivity index (χ4n) is 2.04. The molecule has 100 valence electrons. The van der Waals surface area contributed by atoms with Crippen LogP contribution in [0.1, 0.15) is 17.2 Å². The highest BCUT2D eigenvalue weighted by atomic mass is 79.9. The van der Waals surface area contributed by atoms with E-state index in [1.807, 2.05) is 25.4 Å². The second-order valence-corrected chi connectivity index (χ2v) is 5.15. The number of methoxy groups -OCH3 is 1. The summed E-state index contributed by atoms with van der Waals surface area (Å²) >= 11 is 3.52. The van der Waals surface area contributed by atoms with Crippen LogP contribution in [0.15, 0.2) is 47.2 Å². The topological polar surface area (TPSA) is 34.1 Å². The molecule has 1 aromatic carbocycles. The van der Waals surface area contributed by atoms with Gasteiger partial charge in [0.05, 0.1) is 11.6 Å². The van der Waals surface area contributed by atoms with Crippen LogP contribution in [0.3, 0.4) is 0 Å². The first kappa shape index (κ1) is 14.0. The first-order chi connectivity index (χ1) is 9.24. The Morgan fingerprint density at radius 3 is 2.79 bits per heavy atom. The summed E-state index contributed by atoms with van der Waals surface area (Å²) in [6.07, 6.45) is 4.60. The zero-order chi connectivity index (χ0) is 13.7. The van der Waals surface area contributed by atoms with Gasteiger partial charge in [-0.2, -0.15) is 0 Å². The van der Waals surface area contributed by atoms with Crippen molar-refractivity contribution in [2.45, 2.75) is 12.5 Å². The van der Waals surface area contributed by atoms with Crippen molar-refractivity contribution in [1.82, 2.24) is 10.3 Å². The molecule has 0 bridgehead atoms. The zero-order valence-corrected chi connectivity index (χ0v) is 12.6. The SMILES string of the molecule is CNC(Cc1ccc(OC)c(Br)c1)c1cccnc1. The van der Waals surface area contributed by atoms with E-state index >= 15 is 0 Å². The summed E-state index contributed by atoms with van der Waals surface area (Å²) in [5.41, 5.74) is 2.44. The second kappa shape index (κ2) is 6.68. The Hall–Kier alpha value is -1.39. The van der Waals surface area contributed by atoms with Crippen molar-refractivity contribution >= 4 is 15.9 Å². The predicted molar refractivity (Wildman–Crippen MR) is 80.4 cm³/mol. The number of nitrogens with one attached hydrogen (secondary N) is 1. The van der Waals surface area contributed by atoms with Crippen LogP contribution in [0.25, 0.3) is 0 Å². The molecule has 0 aliphatic carbocycles. The maximum absolute atomic E-state index is 5.24. The third kappa shape index (κ3) is 3.55. The lowest BCUT2D eigenvalue weighted by atomic mass is 10.0. The van der Waals surface area contributed by atoms with Gasteiger partial charge in [0.25, 0.3) is 0 Å². The third-order valence-electron chi connectivity index (χ3n) is 3.09. The molecule has 3 nitrogen and oxygen atoms in total. The van der Waals surface area contributed by atoms with Gasteiger partial charge in [0, 0.05) is 18.4 Å². The van der Waals surface area contributed by atoms with Crippen LogP contribution in [-0.4, -0.2) is 19.1 Å². The van der Waals surface area contributed by atoms with Gasteiger partial charge in [-0.3, -0.25) is 4.98 Å². The van der Waals surface area contributed by atoms with E-state index in [2.05, 4.69) is 44.4 Å². The molecule has 0 aliphatic heterocycles. The van der Waals surface area contributed by atoms with Crippen LogP contribution >= 0.6 is 15.9 Å². The molecule has 1 atom stereocenters. The van der Waals surface area contributed by atoms with Gasteiger partial charge in [-0.25, -0.2) is 0 Å². The van der Waals surface area contributed by atoms with Gasteiger partial charge in [0.15, 0.2) is 0 Å². The number of likely N-dealkylation sites (N-methyl/N-ethyl adjacent to an activating group) is 1. The molecule has 0 spiro atoms. The Kier molecular flexibility index (Phi) is 4.93. The first-order valence-electron chi connectivity index (χ1n) is 6.14. The molecule has 0 aliphatic rings. The molecular weight excluding hydrogens is 304 g/mol. The number of rotatable bonds is 5. The number of benzene rings is 1. The minimum absolute atomic E-state index is 0.258. The van der Waals surface area contributed by atoms with E-state index in [-0.39, 0.29) is 6.04 Å². The molecule has 1 N–H and O–H groups in total. The van der Waals surface area contributed by atoms with E-state index in [4.69, 9.17) is 4.74 Å². The molecule has 0 amide bonds. The number of ether oxygens (including phenoxy) is 1. The van der Waals surface area contributed by atoms with Gasteiger partial charge in [0.1, 0.15) is 5.75 Å². The number of hydrogen-bond donors (Lipinski definition) is 1. The summed E-state index contributed by atoms with van der Waals surface area (Å²) in [6, 6.07) is 10.5. The van der Waals surface area contributed by atoms with Crippen LogP contribution in [0.2, 0.25) is 0 Å². The molecule has 0 radical (unpaired) electrons. The average molecular weight is 321 g/mol. The van der Waals surface area contributed by atoms with E-state index in [0.29, 0.717) is 0 Å². The molecule has 1 aromatic heterocycles. The second-order valence-electron chi connectivity index (χ2n) is 4.30. The van der Waals surface area contributed by atoms with Crippen LogP contribution < -0.4 is 10.1 Å². The fraction of sp³-hybridized carbons (Fsp3) is 0.267. The summed E-state index contributed by atoms with van der Waals surface area (Å²) in [5, 5.41) is 3.33. The highest BCUT2D eigenvalue weighted by Crippen LogP contribution is 2.27. The molecule has 4 heteroatoms. The number of halogens is 1. The van der Waals surface area contributed by atoms with Gasteiger partial charge in [0.2, 0.25) is 0 Å². The molecule has 0 saturated heterocycles. The maximum atomic E-state index is 5.24. The van der Waals surface area contributed by atoms with Gasteiger partial charge in [-0.1, -0.05) is 12.1 Å². The van der Waals surface area contributed by atoms with Crippen molar-refractivity contribution in [1.29, 1.82) is 0 Å². The van der Waals surface area contributed by atoms with Crippen molar-refractivity contribution in [2.75, 3.05) is 14.2 Å².